The molecule has 2 aliphatic heterocycles. The van der Waals surface area contributed by atoms with Gasteiger partial charge in [0.05, 0.1) is 19.2 Å². The van der Waals surface area contributed by atoms with Crippen molar-refractivity contribution in [3.05, 3.63) is 71.8 Å². The highest BCUT2D eigenvalue weighted by molar-refractivity contribution is 6.05. The van der Waals surface area contributed by atoms with E-state index in [0.717, 1.165) is 21.9 Å². The van der Waals surface area contributed by atoms with Crippen LogP contribution in [0.4, 0.5) is 5.69 Å². The molecule has 216 valence electrons. The Morgan fingerprint density at radius 3 is 2.51 bits per heavy atom. The zero-order chi connectivity index (χ0) is 29.6. The molecule has 5 rings (SSSR count). The predicted octanol–water partition coefficient (Wildman–Crippen LogP) is 4.87. The number of piperidine rings is 1. The van der Waals surface area contributed by atoms with Crippen LogP contribution in [0.25, 0.3) is 10.8 Å². The van der Waals surface area contributed by atoms with Crippen LogP contribution in [0.1, 0.15) is 51.3 Å². The minimum absolute atomic E-state index is 0.0428. The van der Waals surface area contributed by atoms with E-state index >= 15 is 0 Å². The average Bonchev–Trinajstić information content (AvgIpc) is 3.05. The van der Waals surface area contributed by atoms with E-state index in [1.165, 1.54) is 6.92 Å². The number of rotatable bonds is 6. The number of ketones is 1. The van der Waals surface area contributed by atoms with Gasteiger partial charge in [-0.15, -0.1) is 0 Å². The first-order chi connectivity index (χ1) is 19.5. The molecule has 0 radical (unpaired) electrons. The van der Waals surface area contributed by atoms with E-state index in [4.69, 9.17) is 9.47 Å². The number of nitrogens with one attached hydrogen (secondary N) is 1. The number of methoxy groups -OCH3 is 1. The summed E-state index contributed by atoms with van der Waals surface area (Å²) < 4.78 is 11.9. The van der Waals surface area contributed by atoms with Gasteiger partial charge in [0, 0.05) is 31.0 Å². The number of quaternary nitrogens is 1. The fourth-order valence-corrected chi connectivity index (χ4v) is 7.05. The molecular formula is C33H39N2O6+. The van der Waals surface area contributed by atoms with Crippen LogP contribution in [-0.4, -0.2) is 62.2 Å². The number of fused-ring (bicyclic) bond motifs is 2. The van der Waals surface area contributed by atoms with E-state index in [-0.39, 0.29) is 23.5 Å². The van der Waals surface area contributed by atoms with Crippen LogP contribution in [0.3, 0.4) is 0 Å². The van der Waals surface area contributed by atoms with Gasteiger partial charge in [-0.25, -0.2) is 9.28 Å². The van der Waals surface area contributed by atoms with Crippen LogP contribution in [0.15, 0.2) is 60.7 Å². The Hall–Kier alpha value is -3.59. The third-order valence-electron chi connectivity index (χ3n) is 8.70. The Kier molecular flexibility index (Phi) is 7.53. The number of hydrogen-bond acceptors (Lipinski definition) is 6. The van der Waals surface area contributed by atoms with Crippen LogP contribution in [0.5, 0.6) is 5.75 Å². The molecule has 1 saturated heterocycles. The summed E-state index contributed by atoms with van der Waals surface area (Å²) in [6, 6.07) is 18.8. The molecule has 8 nitrogen and oxygen atoms in total. The zero-order valence-electron chi connectivity index (χ0n) is 24.4. The van der Waals surface area contributed by atoms with Gasteiger partial charge < -0.3 is 19.9 Å². The molecule has 0 aromatic heterocycles. The molecule has 3 aromatic rings. The highest BCUT2D eigenvalue weighted by Gasteiger charge is 2.65. The van der Waals surface area contributed by atoms with Gasteiger partial charge in [0.15, 0.2) is 17.8 Å². The zero-order valence-corrected chi connectivity index (χ0v) is 24.4. The Morgan fingerprint density at radius 1 is 1.10 bits per heavy atom. The molecule has 0 saturated carbocycles. The standard InChI is InChI=1S/C33H38N2O6/c1-21(36)33(31(38)39)19-34-16-15-28(33)35(20-32(2,3)4)27-14-13-23(40-5)17-26(27)30(41-18-29(35)37)25-12-8-10-22-9-6-7-11-24(22)25/h6-14,17,28,30,34H,15-16,18-20H2,1-5H3/p+1/t28-,30?,33+,35?/m1/s1. The first-order valence-electron chi connectivity index (χ1n) is 14.1. The summed E-state index contributed by atoms with van der Waals surface area (Å²) >= 11 is 0. The second-order valence-electron chi connectivity index (χ2n) is 12.5. The van der Waals surface area contributed by atoms with Crippen molar-refractivity contribution < 1.29 is 29.0 Å². The number of benzene rings is 3. The van der Waals surface area contributed by atoms with Crippen LogP contribution >= 0.6 is 0 Å². The molecule has 2 unspecified atom stereocenters. The van der Waals surface area contributed by atoms with Gasteiger partial charge in [0.1, 0.15) is 23.6 Å². The van der Waals surface area contributed by atoms with E-state index in [1.54, 1.807) is 7.11 Å². The minimum Gasteiger partial charge on any atom is -0.497 e. The largest absolute Gasteiger partial charge is 0.497 e. The number of ether oxygens (including phenoxy) is 2. The van der Waals surface area contributed by atoms with Crippen molar-refractivity contribution in [3.8, 4) is 5.75 Å². The first kappa shape index (κ1) is 28.9. The third-order valence-corrected chi connectivity index (χ3v) is 8.70. The van der Waals surface area contributed by atoms with E-state index in [0.29, 0.717) is 30.9 Å². The molecule has 41 heavy (non-hydrogen) atoms. The summed E-state index contributed by atoms with van der Waals surface area (Å²) in [5, 5.41) is 15.9. The number of carbonyl (C=O) groups is 3. The number of hydrogen-bond donors (Lipinski definition) is 2. The molecule has 2 heterocycles. The lowest BCUT2D eigenvalue weighted by Crippen LogP contribution is -2.75. The lowest BCUT2D eigenvalue weighted by Gasteiger charge is -2.51. The van der Waals surface area contributed by atoms with E-state index in [2.05, 4.69) is 5.32 Å². The first-order valence-corrected chi connectivity index (χ1v) is 14.1. The van der Waals surface area contributed by atoms with Crippen LogP contribution < -0.4 is 14.5 Å². The van der Waals surface area contributed by atoms with Crippen molar-refractivity contribution in [2.24, 2.45) is 10.8 Å². The average molecular weight is 560 g/mol. The summed E-state index contributed by atoms with van der Waals surface area (Å²) in [6.07, 6.45) is -0.286. The topological polar surface area (TPSA) is 102 Å². The molecule has 0 spiro atoms. The maximum Gasteiger partial charge on any atom is 0.344 e. The summed E-state index contributed by atoms with van der Waals surface area (Å²) in [7, 11) is 1.59. The number of nitrogens with zero attached hydrogens (tertiary/aromatic N) is 1. The molecule has 3 aromatic carbocycles. The SMILES string of the molecule is COc1ccc2c(c1)C(c1cccc3ccccc13)OCC(=O)[N+]2(CC(C)(C)C)[C@@H]1CCNC[C@@]1(C(C)=O)C(=O)O. The van der Waals surface area contributed by atoms with Crippen molar-refractivity contribution in [1.29, 1.82) is 0 Å². The quantitative estimate of drug-likeness (QED) is 0.328. The molecule has 0 bridgehead atoms. The van der Waals surface area contributed by atoms with E-state index in [1.807, 2.05) is 81.4 Å². The summed E-state index contributed by atoms with van der Waals surface area (Å²) in [4.78, 5) is 41.1. The number of aliphatic carboxylic acids is 1. The summed E-state index contributed by atoms with van der Waals surface area (Å²) in [6.45, 7) is 7.94. The Balaban J connectivity index is 1.86. The molecule has 8 heteroatoms. The smallest absolute Gasteiger partial charge is 0.344 e. The lowest BCUT2D eigenvalue weighted by atomic mass is 9.70. The van der Waals surface area contributed by atoms with E-state index in [9.17, 15) is 19.5 Å². The minimum atomic E-state index is -1.80. The Labute approximate surface area is 240 Å². The maximum absolute atomic E-state index is 14.7. The van der Waals surface area contributed by atoms with Gasteiger partial charge in [-0.2, -0.15) is 0 Å². The van der Waals surface area contributed by atoms with Gasteiger partial charge in [-0.1, -0.05) is 63.2 Å². The Morgan fingerprint density at radius 2 is 1.83 bits per heavy atom. The normalized spacial score (nSPS) is 26.7. The number of carboxylic acid groups (broad SMARTS) is 1. The van der Waals surface area contributed by atoms with Gasteiger partial charge in [0.25, 0.3) is 0 Å². The molecule has 1 fully saturated rings. The molecule has 4 atom stereocenters. The van der Waals surface area contributed by atoms with Crippen molar-refractivity contribution in [2.75, 3.05) is 33.4 Å². The molecule has 0 aliphatic carbocycles. The summed E-state index contributed by atoms with van der Waals surface area (Å²) in [5.74, 6) is -1.34. The maximum atomic E-state index is 14.7. The van der Waals surface area contributed by atoms with Gasteiger partial charge >= 0.3 is 11.9 Å². The second kappa shape index (κ2) is 10.7. The van der Waals surface area contributed by atoms with Crippen LogP contribution in [0, 0.1) is 10.8 Å². The molecular weight excluding hydrogens is 520 g/mol. The fraction of sp³-hybridized carbons (Fsp3) is 0.424. The highest BCUT2D eigenvalue weighted by atomic mass is 16.5. The lowest BCUT2D eigenvalue weighted by molar-refractivity contribution is -0.164. The van der Waals surface area contributed by atoms with Crippen LogP contribution in [0.2, 0.25) is 0 Å². The number of carbonyl (C=O) groups excluding carboxylic acids is 2. The van der Waals surface area contributed by atoms with Crippen molar-refractivity contribution in [2.45, 2.75) is 46.3 Å². The van der Waals surface area contributed by atoms with Gasteiger partial charge in [0.2, 0.25) is 0 Å². The fourth-order valence-electron chi connectivity index (χ4n) is 7.05. The monoisotopic (exact) mass is 559 g/mol. The third kappa shape index (κ3) is 4.74. The second-order valence-corrected chi connectivity index (χ2v) is 12.5. The van der Waals surface area contributed by atoms with Crippen LogP contribution in [-0.2, 0) is 19.1 Å². The molecule has 1 amide bonds. The van der Waals surface area contributed by atoms with E-state index < -0.39 is 34.7 Å². The van der Waals surface area contributed by atoms with Crippen molar-refractivity contribution in [1.82, 2.24) is 9.80 Å². The molecule has 2 aliphatic rings. The van der Waals surface area contributed by atoms with Gasteiger partial charge in [-0.05, 0) is 35.4 Å². The Bertz CT molecular complexity index is 1490. The van der Waals surface area contributed by atoms with Gasteiger partial charge in [-0.3, -0.25) is 9.59 Å². The van der Waals surface area contributed by atoms with Crippen molar-refractivity contribution >= 4 is 34.1 Å². The predicted molar refractivity (Wildman–Crippen MR) is 158 cm³/mol. The van der Waals surface area contributed by atoms with Crippen molar-refractivity contribution in [3.63, 3.8) is 0 Å². The number of amides is 1. The molecule has 2 N–H and O–H groups in total. The number of carboxylic acids is 1. The number of Topliss-reactive ketones (excluding diaryl/α,β-unsaturated/α-hetero) is 1. The highest BCUT2D eigenvalue weighted by Crippen LogP contribution is 2.49. The summed E-state index contributed by atoms with van der Waals surface area (Å²) in [5.41, 5.74) is 0.0906.